The minimum Gasteiger partial charge on any atom is -0.369 e. The van der Waals surface area contributed by atoms with Gasteiger partial charge in [-0.2, -0.15) is 5.10 Å². The first-order chi connectivity index (χ1) is 8.49. The lowest BCUT2D eigenvalue weighted by molar-refractivity contribution is -0.148. The molecule has 6 heteroatoms. The first-order valence-corrected chi connectivity index (χ1v) is 6.61. The van der Waals surface area contributed by atoms with Crippen LogP contribution in [0.2, 0.25) is 0 Å². The number of aromatic nitrogens is 1. The topological polar surface area (TPSA) is 65.8 Å². The van der Waals surface area contributed by atoms with Gasteiger partial charge in [0.25, 0.3) is 5.91 Å². The van der Waals surface area contributed by atoms with E-state index < -0.39 is 5.72 Å². The Morgan fingerprint density at radius 1 is 1.61 bits per heavy atom. The fraction of sp³-hybridized carbons (Fsp3) is 0.417. The highest BCUT2D eigenvalue weighted by molar-refractivity contribution is 7.99. The van der Waals surface area contributed by atoms with E-state index in [-0.39, 0.29) is 11.7 Å². The predicted molar refractivity (Wildman–Crippen MR) is 70.2 cm³/mol. The van der Waals surface area contributed by atoms with Crippen molar-refractivity contribution in [2.24, 2.45) is 5.10 Å². The van der Waals surface area contributed by atoms with Crippen molar-refractivity contribution in [1.82, 2.24) is 9.99 Å². The Balaban J connectivity index is 1.97. The van der Waals surface area contributed by atoms with Crippen LogP contribution in [-0.2, 0) is 4.79 Å². The molecular weight excluding hydrogens is 250 g/mol. The summed E-state index contributed by atoms with van der Waals surface area (Å²) in [6.07, 6.45) is 2.08. The summed E-state index contributed by atoms with van der Waals surface area (Å²) in [6, 6.07) is 5.54. The lowest BCUT2D eigenvalue weighted by Crippen LogP contribution is -2.44. The number of aliphatic hydroxyl groups is 1. The molecule has 0 unspecified atom stereocenters. The van der Waals surface area contributed by atoms with Gasteiger partial charge in [-0.05, 0) is 26.0 Å². The van der Waals surface area contributed by atoms with Crippen molar-refractivity contribution in [3.8, 4) is 0 Å². The number of carbonyl (C=O) groups excluding carboxylic acids is 1. The third-order valence-electron chi connectivity index (χ3n) is 2.54. The van der Waals surface area contributed by atoms with E-state index >= 15 is 0 Å². The highest BCUT2D eigenvalue weighted by atomic mass is 32.2. The van der Waals surface area contributed by atoms with Gasteiger partial charge in [0.15, 0.2) is 5.72 Å². The largest absolute Gasteiger partial charge is 0.369 e. The van der Waals surface area contributed by atoms with Gasteiger partial charge >= 0.3 is 0 Å². The maximum atomic E-state index is 12.0. The Kier molecular flexibility index (Phi) is 3.68. The second-order valence-electron chi connectivity index (χ2n) is 4.39. The van der Waals surface area contributed by atoms with Crippen LogP contribution >= 0.6 is 11.8 Å². The van der Waals surface area contributed by atoms with Crippen molar-refractivity contribution in [3.63, 3.8) is 0 Å². The molecule has 1 aliphatic rings. The van der Waals surface area contributed by atoms with Gasteiger partial charge in [0.05, 0.1) is 10.8 Å². The van der Waals surface area contributed by atoms with Crippen LogP contribution in [0.1, 0.15) is 20.3 Å². The standard InChI is InChI=1S/C12H15N3O2S/c1-9-7-12(2,17)15(14-9)11(16)8-18-10-5-3-4-6-13-10/h3-6,17H,7-8H2,1-2H3/t12-/m1/s1. The van der Waals surface area contributed by atoms with Crippen LogP contribution in [0.5, 0.6) is 0 Å². The van der Waals surface area contributed by atoms with E-state index in [9.17, 15) is 9.90 Å². The third kappa shape index (κ3) is 2.88. The highest BCUT2D eigenvalue weighted by Crippen LogP contribution is 2.26. The molecular formula is C12H15N3O2S. The smallest absolute Gasteiger partial charge is 0.255 e. The predicted octanol–water partition coefficient (Wildman–Crippen LogP) is 1.49. The van der Waals surface area contributed by atoms with E-state index in [1.807, 2.05) is 18.2 Å². The summed E-state index contributed by atoms with van der Waals surface area (Å²) in [6.45, 7) is 3.39. The number of carbonyl (C=O) groups is 1. The molecule has 96 valence electrons. The van der Waals surface area contributed by atoms with Crippen LogP contribution in [0.4, 0.5) is 0 Å². The molecule has 0 aliphatic carbocycles. The fourth-order valence-corrected chi connectivity index (χ4v) is 2.53. The molecule has 1 N–H and O–H groups in total. The molecule has 0 radical (unpaired) electrons. The van der Waals surface area contributed by atoms with E-state index in [0.29, 0.717) is 6.42 Å². The minimum absolute atomic E-state index is 0.212. The van der Waals surface area contributed by atoms with Gasteiger partial charge in [0.2, 0.25) is 0 Å². The van der Waals surface area contributed by atoms with Crippen molar-refractivity contribution in [2.75, 3.05) is 5.75 Å². The zero-order chi connectivity index (χ0) is 13.2. The second kappa shape index (κ2) is 5.07. The first-order valence-electron chi connectivity index (χ1n) is 5.62. The van der Waals surface area contributed by atoms with Crippen LogP contribution < -0.4 is 0 Å². The van der Waals surface area contributed by atoms with E-state index in [1.54, 1.807) is 20.0 Å². The summed E-state index contributed by atoms with van der Waals surface area (Å²) >= 11 is 1.33. The number of rotatable bonds is 3. The Morgan fingerprint density at radius 2 is 2.39 bits per heavy atom. The Labute approximate surface area is 110 Å². The minimum atomic E-state index is -1.20. The van der Waals surface area contributed by atoms with Crippen LogP contribution in [0.25, 0.3) is 0 Å². The van der Waals surface area contributed by atoms with E-state index in [1.165, 1.54) is 11.8 Å². The third-order valence-corrected chi connectivity index (χ3v) is 3.46. The fourth-order valence-electron chi connectivity index (χ4n) is 1.83. The van der Waals surface area contributed by atoms with Gasteiger partial charge in [-0.15, -0.1) is 0 Å². The van der Waals surface area contributed by atoms with Gasteiger partial charge in [-0.3, -0.25) is 4.79 Å². The number of hydrogen-bond acceptors (Lipinski definition) is 5. The molecule has 2 heterocycles. The lowest BCUT2D eigenvalue weighted by Gasteiger charge is -2.26. The van der Waals surface area contributed by atoms with Gasteiger partial charge in [-0.1, -0.05) is 17.8 Å². The molecule has 0 bridgehead atoms. The van der Waals surface area contributed by atoms with Crippen LogP contribution in [0.15, 0.2) is 34.5 Å². The van der Waals surface area contributed by atoms with Gasteiger partial charge < -0.3 is 5.11 Å². The number of pyridine rings is 1. The molecule has 2 rings (SSSR count). The number of hydrogen-bond donors (Lipinski definition) is 1. The van der Waals surface area contributed by atoms with Crippen LogP contribution in [0.3, 0.4) is 0 Å². The molecule has 0 saturated carbocycles. The SMILES string of the molecule is CC1=NN(C(=O)CSc2ccccn2)[C@](C)(O)C1. The van der Waals surface area contributed by atoms with Gasteiger partial charge in [0, 0.05) is 18.3 Å². The Bertz CT molecular complexity index is 473. The normalized spacial score (nSPS) is 23.1. The Hall–Kier alpha value is -1.40. The number of amides is 1. The number of thioether (sulfide) groups is 1. The Morgan fingerprint density at radius 3 is 2.94 bits per heavy atom. The monoisotopic (exact) mass is 265 g/mol. The van der Waals surface area contributed by atoms with Crippen molar-refractivity contribution in [2.45, 2.75) is 31.0 Å². The van der Waals surface area contributed by atoms with Crippen molar-refractivity contribution in [1.29, 1.82) is 0 Å². The molecule has 0 fully saturated rings. The summed E-state index contributed by atoms with van der Waals surface area (Å²) in [5, 5.41) is 16.1. The molecule has 0 aromatic carbocycles. The van der Waals surface area contributed by atoms with Crippen molar-refractivity contribution >= 4 is 23.4 Å². The van der Waals surface area contributed by atoms with E-state index in [4.69, 9.17) is 0 Å². The lowest BCUT2D eigenvalue weighted by atomic mass is 10.1. The average molecular weight is 265 g/mol. The van der Waals surface area contributed by atoms with Gasteiger partial charge in [0.1, 0.15) is 0 Å². The van der Waals surface area contributed by atoms with Crippen molar-refractivity contribution < 1.29 is 9.90 Å². The highest BCUT2D eigenvalue weighted by Gasteiger charge is 2.38. The summed E-state index contributed by atoms with van der Waals surface area (Å²) in [5.41, 5.74) is -0.442. The summed E-state index contributed by atoms with van der Waals surface area (Å²) < 4.78 is 0. The summed E-state index contributed by atoms with van der Waals surface area (Å²) in [5.74, 6) is -0.00303. The molecule has 18 heavy (non-hydrogen) atoms. The van der Waals surface area contributed by atoms with Crippen LogP contribution in [0, 0.1) is 0 Å². The molecule has 1 aromatic rings. The molecule has 5 nitrogen and oxygen atoms in total. The van der Waals surface area contributed by atoms with Gasteiger partial charge in [-0.25, -0.2) is 9.99 Å². The molecule has 1 aliphatic heterocycles. The molecule has 1 atom stereocenters. The molecule has 0 saturated heterocycles. The molecule has 1 aromatic heterocycles. The zero-order valence-electron chi connectivity index (χ0n) is 10.3. The molecule has 0 spiro atoms. The maximum Gasteiger partial charge on any atom is 0.255 e. The second-order valence-corrected chi connectivity index (χ2v) is 5.39. The average Bonchev–Trinajstić information content (AvgIpc) is 2.61. The van der Waals surface area contributed by atoms with E-state index in [0.717, 1.165) is 15.7 Å². The maximum absolute atomic E-state index is 12.0. The number of nitrogens with zero attached hydrogens (tertiary/aromatic N) is 3. The first kappa shape index (κ1) is 13.0. The number of hydrazone groups is 1. The molecule has 1 amide bonds. The zero-order valence-corrected chi connectivity index (χ0v) is 11.1. The van der Waals surface area contributed by atoms with Crippen LogP contribution in [-0.4, -0.2) is 38.2 Å². The van der Waals surface area contributed by atoms with Crippen molar-refractivity contribution in [3.05, 3.63) is 24.4 Å². The summed E-state index contributed by atoms with van der Waals surface area (Å²) in [4.78, 5) is 16.1. The summed E-state index contributed by atoms with van der Waals surface area (Å²) in [7, 11) is 0. The van der Waals surface area contributed by atoms with E-state index in [2.05, 4.69) is 10.1 Å². The quantitative estimate of drug-likeness (QED) is 0.841.